The number of rotatable bonds is 6. The van der Waals surface area contributed by atoms with Crippen LogP contribution in [-0.2, 0) is 16.1 Å². The number of ether oxygens (including phenoxy) is 1. The molecule has 2 amide bonds. The van der Waals surface area contributed by atoms with Crippen molar-refractivity contribution in [3.8, 4) is 0 Å². The van der Waals surface area contributed by atoms with Crippen LogP contribution in [0.5, 0.6) is 0 Å². The number of hydrogen-bond acceptors (Lipinski definition) is 6. The highest BCUT2D eigenvalue weighted by Crippen LogP contribution is 2.29. The molecule has 8 heteroatoms. The molecule has 1 atom stereocenters. The molecule has 7 nitrogen and oxygen atoms in total. The molecule has 0 aromatic carbocycles. The average Bonchev–Trinajstić information content (AvgIpc) is 3.48. The van der Waals surface area contributed by atoms with Crippen LogP contribution in [0.25, 0.3) is 0 Å². The van der Waals surface area contributed by atoms with Crippen molar-refractivity contribution in [1.82, 2.24) is 19.8 Å². The Morgan fingerprint density at radius 2 is 2.14 bits per heavy atom. The highest BCUT2D eigenvalue weighted by atomic mass is 32.1. The maximum Gasteiger partial charge on any atom is 0.266 e. The van der Waals surface area contributed by atoms with E-state index in [0.717, 1.165) is 16.3 Å². The third kappa shape index (κ3) is 5.00. The average molecular weight is 415 g/mol. The van der Waals surface area contributed by atoms with Gasteiger partial charge in [0.05, 0.1) is 16.8 Å². The quantitative estimate of drug-likeness (QED) is 0.726. The zero-order valence-electron chi connectivity index (χ0n) is 16.8. The molecule has 3 heterocycles. The van der Waals surface area contributed by atoms with Gasteiger partial charge >= 0.3 is 0 Å². The Balaban J connectivity index is 1.52. The third-order valence-corrected chi connectivity index (χ3v) is 6.33. The molecule has 0 spiro atoms. The second kappa shape index (κ2) is 8.59. The van der Waals surface area contributed by atoms with Crippen LogP contribution in [0, 0.1) is 19.8 Å². The summed E-state index contributed by atoms with van der Waals surface area (Å²) >= 11 is 1.38. The van der Waals surface area contributed by atoms with E-state index in [1.807, 2.05) is 26.0 Å². The highest BCUT2D eigenvalue weighted by molar-refractivity contribution is 7.13. The zero-order chi connectivity index (χ0) is 20.4. The molecule has 1 saturated heterocycles. The van der Waals surface area contributed by atoms with Crippen LogP contribution in [-0.4, -0.2) is 63.9 Å². The Morgan fingerprint density at radius 3 is 2.79 bits per heavy atom. The van der Waals surface area contributed by atoms with Gasteiger partial charge in [-0.2, -0.15) is 0 Å². The summed E-state index contributed by atoms with van der Waals surface area (Å²) in [6, 6.07) is 3.82. The first-order chi connectivity index (χ1) is 14.0. The molecule has 2 aliphatic rings. The largest absolute Gasteiger partial charge is 0.374 e. The van der Waals surface area contributed by atoms with E-state index in [1.165, 1.54) is 24.2 Å². The number of pyridine rings is 1. The lowest BCUT2D eigenvalue weighted by Gasteiger charge is -2.24. The number of carbonyl (C=O) groups is 2. The smallest absolute Gasteiger partial charge is 0.266 e. The molecular weight excluding hydrogens is 388 g/mol. The van der Waals surface area contributed by atoms with E-state index < -0.39 is 0 Å². The van der Waals surface area contributed by atoms with Crippen LogP contribution >= 0.6 is 11.3 Å². The van der Waals surface area contributed by atoms with E-state index in [-0.39, 0.29) is 24.5 Å². The van der Waals surface area contributed by atoms with Crippen LogP contribution in [0.3, 0.4) is 0 Å². The summed E-state index contributed by atoms with van der Waals surface area (Å²) in [4.78, 5) is 38.7. The fraction of sp³-hybridized carbons (Fsp3) is 0.524. The SMILES string of the molecule is Cc1nc(C)c(C(=O)N2CC(=O)N(Cc3cccnc3)CC(OCC3CC3)C2)s1. The summed E-state index contributed by atoms with van der Waals surface area (Å²) in [6.07, 6.45) is 5.69. The fourth-order valence-corrected chi connectivity index (χ4v) is 4.42. The summed E-state index contributed by atoms with van der Waals surface area (Å²) in [5.74, 6) is 0.416. The van der Waals surface area contributed by atoms with Gasteiger partial charge in [0.1, 0.15) is 11.4 Å². The molecule has 0 radical (unpaired) electrons. The summed E-state index contributed by atoms with van der Waals surface area (Å²) in [5.41, 5.74) is 1.69. The summed E-state index contributed by atoms with van der Waals surface area (Å²) in [5, 5.41) is 0.853. The van der Waals surface area contributed by atoms with Crippen LogP contribution in [0.4, 0.5) is 0 Å². The molecule has 0 N–H and O–H groups in total. The van der Waals surface area contributed by atoms with Crippen molar-refractivity contribution in [3.63, 3.8) is 0 Å². The molecule has 1 unspecified atom stereocenters. The van der Waals surface area contributed by atoms with Crippen molar-refractivity contribution >= 4 is 23.2 Å². The van der Waals surface area contributed by atoms with Crippen molar-refractivity contribution in [2.24, 2.45) is 5.92 Å². The Kier molecular flexibility index (Phi) is 5.91. The zero-order valence-corrected chi connectivity index (χ0v) is 17.7. The maximum atomic E-state index is 13.2. The molecule has 1 aliphatic heterocycles. The Morgan fingerprint density at radius 1 is 1.31 bits per heavy atom. The van der Waals surface area contributed by atoms with Crippen LogP contribution in [0.2, 0.25) is 0 Å². The standard InChI is InChI=1S/C21H26N4O3S/c1-14-20(29-15(2)23-14)21(27)25-11-18(28-13-16-5-6-16)10-24(19(26)12-25)9-17-4-3-7-22-8-17/h3-4,7-8,16,18H,5-6,9-13H2,1-2H3. The predicted octanol–water partition coefficient (Wildman–Crippen LogP) is 2.43. The van der Waals surface area contributed by atoms with Gasteiger partial charge in [-0.3, -0.25) is 14.6 Å². The van der Waals surface area contributed by atoms with Crippen molar-refractivity contribution in [1.29, 1.82) is 0 Å². The van der Waals surface area contributed by atoms with Gasteiger partial charge in [-0.1, -0.05) is 6.07 Å². The number of thiazole rings is 1. The summed E-state index contributed by atoms with van der Waals surface area (Å²) in [6.45, 7) is 5.84. The predicted molar refractivity (Wildman–Crippen MR) is 110 cm³/mol. The molecule has 1 saturated carbocycles. The fourth-order valence-electron chi connectivity index (χ4n) is 3.53. The van der Waals surface area contributed by atoms with Crippen LogP contribution < -0.4 is 0 Å². The van der Waals surface area contributed by atoms with E-state index in [1.54, 1.807) is 22.2 Å². The first kappa shape index (κ1) is 20.0. The van der Waals surface area contributed by atoms with Crippen molar-refractivity contribution < 1.29 is 14.3 Å². The molecule has 154 valence electrons. The van der Waals surface area contributed by atoms with Gasteiger partial charge in [0.2, 0.25) is 5.91 Å². The Bertz CT molecular complexity index is 881. The first-order valence-electron chi connectivity index (χ1n) is 10.0. The Hall–Kier alpha value is -2.32. The number of aromatic nitrogens is 2. The number of nitrogens with zero attached hydrogens (tertiary/aromatic N) is 4. The van der Waals surface area contributed by atoms with Crippen molar-refractivity contribution in [2.45, 2.75) is 39.3 Å². The molecule has 2 fully saturated rings. The molecule has 2 aromatic heterocycles. The second-order valence-electron chi connectivity index (χ2n) is 7.87. The lowest BCUT2D eigenvalue weighted by Crippen LogP contribution is -2.39. The van der Waals surface area contributed by atoms with E-state index in [9.17, 15) is 9.59 Å². The Labute approximate surface area is 174 Å². The van der Waals surface area contributed by atoms with Gasteiger partial charge in [-0.05, 0) is 44.2 Å². The molecule has 29 heavy (non-hydrogen) atoms. The van der Waals surface area contributed by atoms with Crippen molar-refractivity contribution in [3.05, 3.63) is 45.7 Å². The molecule has 4 rings (SSSR count). The number of hydrogen-bond donors (Lipinski definition) is 0. The monoisotopic (exact) mass is 414 g/mol. The second-order valence-corrected chi connectivity index (χ2v) is 9.07. The van der Waals surface area contributed by atoms with Crippen LogP contribution in [0.1, 0.15) is 38.8 Å². The minimum atomic E-state index is -0.197. The van der Waals surface area contributed by atoms with Gasteiger partial charge in [0, 0.05) is 38.6 Å². The highest BCUT2D eigenvalue weighted by Gasteiger charge is 2.33. The maximum absolute atomic E-state index is 13.2. The van der Waals surface area contributed by atoms with Gasteiger partial charge in [-0.15, -0.1) is 11.3 Å². The molecule has 2 aromatic rings. The third-order valence-electron chi connectivity index (χ3n) is 5.27. The van der Waals surface area contributed by atoms with Gasteiger partial charge in [0.25, 0.3) is 5.91 Å². The summed E-state index contributed by atoms with van der Waals surface area (Å²) < 4.78 is 6.14. The minimum Gasteiger partial charge on any atom is -0.374 e. The van der Waals surface area contributed by atoms with E-state index >= 15 is 0 Å². The summed E-state index contributed by atoms with van der Waals surface area (Å²) in [7, 11) is 0. The topological polar surface area (TPSA) is 75.6 Å². The lowest BCUT2D eigenvalue weighted by atomic mass is 10.2. The minimum absolute atomic E-state index is 0.0543. The van der Waals surface area contributed by atoms with Gasteiger partial charge in [-0.25, -0.2) is 4.98 Å². The lowest BCUT2D eigenvalue weighted by molar-refractivity contribution is -0.132. The van der Waals surface area contributed by atoms with Crippen LogP contribution in [0.15, 0.2) is 24.5 Å². The number of aryl methyl sites for hydroxylation is 2. The van der Waals surface area contributed by atoms with Gasteiger partial charge < -0.3 is 14.5 Å². The van der Waals surface area contributed by atoms with E-state index in [0.29, 0.717) is 37.0 Å². The van der Waals surface area contributed by atoms with E-state index in [2.05, 4.69) is 9.97 Å². The van der Waals surface area contributed by atoms with Crippen molar-refractivity contribution in [2.75, 3.05) is 26.2 Å². The molecule has 0 bridgehead atoms. The number of carbonyl (C=O) groups excluding carboxylic acids is 2. The molecule has 1 aliphatic carbocycles. The first-order valence-corrected chi connectivity index (χ1v) is 10.8. The number of amides is 2. The normalized spacial score (nSPS) is 20.1. The molecular formula is C21H26N4O3S. The van der Waals surface area contributed by atoms with Gasteiger partial charge in [0.15, 0.2) is 0 Å². The van der Waals surface area contributed by atoms with E-state index in [4.69, 9.17) is 4.74 Å².